The van der Waals surface area contributed by atoms with Crippen molar-refractivity contribution in [1.29, 1.82) is 0 Å². The third kappa shape index (κ3) is 2.00. The molecule has 0 aliphatic carbocycles. The second kappa shape index (κ2) is 5.10. The number of aliphatic hydroxyl groups is 1. The van der Waals surface area contributed by atoms with E-state index < -0.39 is 5.60 Å². The summed E-state index contributed by atoms with van der Waals surface area (Å²) in [5.41, 5.74) is 0.505. The summed E-state index contributed by atoms with van der Waals surface area (Å²) in [6.07, 6.45) is 0. The number of hydrogen-bond donors (Lipinski definition) is 1. The van der Waals surface area contributed by atoms with Gasteiger partial charge in [0.2, 0.25) is 0 Å². The van der Waals surface area contributed by atoms with E-state index in [9.17, 15) is 5.11 Å². The summed E-state index contributed by atoms with van der Waals surface area (Å²) in [4.78, 5) is 6.56. The molecule has 0 saturated carbocycles. The van der Waals surface area contributed by atoms with Crippen molar-refractivity contribution in [3.63, 3.8) is 0 Å². The Labute approximate surface area is 119 Å². The zero-order valence-electron chi connectivity index (χ0n) is 11.5. The van der Waals surface area contributed by atoms with E-state index in [1.165, 1.54) is 0 Å². The van der Waals surface area contributed by atoms with Gasteiger partial charge in [0.15, 0.2) is 5.60 Å². The van der Waals surface area contributed by atoms with Gasteiger partial charge in [0, 0.05) is 13.6 Å². The van der Waals surface area contributed by atoms with E-state index in [1.54, 1.807) is 0 Å². The first-order valence-corrected chi connectivity index (χ1v) is 6.82. The Kier molecular flexibility index (Phi) is 3.28. The number of rotatable bonds is 3. The minimum atomic E-state index is -1.19. The van der Waals surface area contributed by atoms with Crippen LogP contribution in [-0.4, -0.2) is 36.0 Å². The fourth-order valence-electron chi connectivity index (χ4n) is 2.71. The molecular formula is C17H18N2O. The van der Waals surface area contributed by atoms with E-state index in [-0.39, 0.29) is 0 Å². The van der Waals surface area contributed by atoms with Crippen LogP contribution in [0.4, 0.5) is 0 Å². The molecule has 3 rings (SSSR count). The topological polar surface area (TPSA) is 35.8 Å². The van der Waals surface area contributed by atoms with Gasteiger partial charge in [-0.25, -0.2) is 0 Å². The Bertz CT molecular complexity index is 568. The smallest absolute Gasteiger partial charge is 0.172 e. The van der Waals surface area contributed by atoms with Gasteiger partial charge in [-0.1, -0.05) is 60.7 Å². The third-order valence-corrected chi connectivity index (χ3v) is 3.77. The first-order valence-electron chi connectivity index (χ1n) is 6.82. The van der Waals surface area contributed by atoms with Crippen LogP contribution in [-0.2, 0) is 5.60 Å². The largest absolute Gasteiger partial charge is 0.373 e. The second-order valence-electron chi connectivity index (χ2n) is 5.07. The van der Waals surface area contributed by atoms with Gasteiger partial charge in [0.25, 0.3) is 0 Å². The summed E-state index contributed by atoms with van der Waals surface area (Å²) in [7, 11) is 1.97. The van der Waals surface area contributed by atoms with Crippen LogP contribution in [0.25, 0.3) is 0 Å². The minimum Gasteiger partial charge on any atom is -0.373 e. The van der Waals surface area contributed by atoms with Crippen LogP contribution in [0.15, 0.2) is 65.7 Å². The normalized spacial score (nSPS) is 15.3. The lowest BCUT2D eigenvalue weighted by Crippen LogP contribution is -2.44. The van der Waals surface area contributed by atoms with Gasteiger partial charge in [-0.05, 0) is 11.1 Å². The predicted molar refractivity (Wildman–Crippen MR) is 80.8 cm³/mol. The summed E-state index contributed by atoms with van der Waals surface area (Å²) in [6.45, 7) is 1.57. The maximum absolute atomic E-state index is 11.5. The molecule has 0 bridgehead atoms. The molecule has 0 amide bonds. The number of benzene rings is 2. The maximum atomic E-state index is 11.5. The molecule has 2 aromatic rings. The Balaban J connectivity index is 2.18. The van der Waals surface area contributed by atoms with Crippen molar-refractivity contribution >= 4 is 5.84 Å². The second-order valence-corrected chi connectivity index (χ2v) is 5.07. The highest BCUT2D eigenvalue weighted by molar-refractivity contribution is 5.95. The zero-order valence-corrected chi connectivity index (χ0v) is 11.5. The molecule has 2 aromatic carbocycles. The Morgan fingerprint density at radius 2 is 1.45 bits per heavy atom. The molecule has 0 saturated heterocycles. The molecule has 0 radical (unpaired) electrons. The van der Waals surface area contributed by atoms with Crippen LogP contribution in [0, 0.1) is 0 Å². The van der Waals surface area contributed by atoms with Gasteiger partial charge in [0.1, 0.15) is 5.84 Å². The Hall–Kier alpha value is -2.13. The van der Waals surface area contributed by atoms with E-state index >= 15 is 0 Å². The predicted octanol–water partition coefficient (Wildman–Crippen LogP) is 2.27. The van der Waals surface area contributed by atoms with Gasteiger partial charge in [-0.2, -0.15) is 0 Å². The summed E-state index contributed by atoms with van der Waals surface area (Å²) in [6, 6.07) is 19.5. The minimum absolute atomic E-state index is 0.718. The lowest BCUT2D eigenvalue weighted by atomic mass is 9.85. The lowest BCUT2D eigenvalue weighted by Gasteiger charge is -2.33. The van der Waals surface area contributed by atoms with Crippen LogP contribution < -0.4 is 0 Å². The average Bonchev–Trinajstić information content (AvgIpc) is 2.95. The maximum Gasteiger partial charge on any atom is 0.172 e. The lowest BCUT2D eigenvalue weighted by molar-refractivity contribution is 0.143. The molecule has 1 heterocycles. The molecular weight excluding hydrogens is 248 g/mol. The first-order chi connectivity index (χ1) is 9.73. The van der Waals surface area contributed by atoms with Crippen molar-refractivity contribution in [2.45, 2.75) is 5.60 Å². The first kappa shape index (κ1) is 12.9. The van der Waals surface area contributed by atoms with E-state index in [1.807, 2.05) is 72.6 Å². The molecule has 1 aliphatic heterocycles. The number of nitrogens with zero attached hydrogens (tertiary/aromatic N) is 2. The number of likely N-dealkylation sites (N-methyl/N-ethyl adjacent to an activating group) is 1. The van der Waals surface area contributed by atoms with Crippen LogP contribution in [0.1, 0.15) is 11.1 Å². The van der Waals surface area contributed by atoms with Crippen molar-refractivity contribution < 1.29 is 5.11 Å². The molecule has 0 spiro atoms. The molecule has 3 heteroatoms. The highest BCUT2D eigenvalue weighted by Gasteiger charge is 2.40. The third-order valence-electron chi connectivity index (χ3n) is 3.77. The molecule has 0 unspecified atom stereocenters. The van der Waals surface area contributed by atoms with Gasteiger partial charge < -0.3 is 10.0 Å². The number of aliphatic imine (C=N–C) groups is 1. The molecule has 1 aliphatic rings. The summed E-state index contributed by atoms with van der Waals surface area (Å²) in [5.74, 6) is 0.718. The van der Waals surface area contributed by atoms with Crippen molar-refractivity contribution in [2.75, 3.05) is 20.1 Å². The highest BCUT2D eigenvalue weighted by atomic mass is 16.3. The monoisotopic (exact) mass is 266 g/mol. The van der Waals surface area contributed by atoms with E-state index in [0.29, 0.717) is 0 Å². The fourth-order valence-corrected chi connectivity index (χ4v) is 2.71. The fraction of sp³-hybridized carbons (Fsp3) is 0.235. The van der Waals surface area contributed by atoms with Crippen LogP contribution in [0.3, 0.4) is 0 Å². The van der Waals surface area contributed by atoms with Crippen molar-refractivity contribution in [3.8, 4) is 0 Å². The van der Waals surface area contributed by atoms with Crippen molar-refractivity contribution in [3.05, 3.63) is 71.8 Å². The summed E-state index contributed by atoms with van der Waals surface area (Å²) >= 11 is 0. The van der Waals surface area contributed by atoms with Gasteiger partial charge in [-0.3, -0.25) is 4.99 Å². The van der Waals surface area contributed by atoms with E-state index in [4.69, 9.17) is 0 Å². The quantitative estimate of drug-likeness (QED) is 0.925. The van der Waals surface area contributed by atoms with Gasteiger partial charge in [-0.15, -0.1) is 0 Å². The van der Waals surface area contributed by atoms with Crippen molar-refractivity contribution in [2.24, 2.45) is 4.99 Å². The van der Waals surface area contributed by atoms with E-state index in [2.05, 4.69) is 4.99 Å². The van der Waals surface area contributed by atoms with Crippen molar-refractivity contribution in [1.82, 2.24) is 4.90 Å². The summed E-state index contributed by atoms with van der Waals surface area (Å²) in [5, 5.41) is 11.5. The molecule has 1 N–H and O–H groups in total. The van der Waals surface area contributed by atoms with Gasteiger partial charge in [0.05, 0.1) is 6.54 Å². The molecule has 0 fully saturated rings. The van der Waals surface area contributed by atoms with Crippen LogP contribution in [0.5, 0.6) is 0 Å². The average molecular weight is 266 g/mol. The number of amidine groups is 1. The molecule has 20 heavy (non-hydrogen) atoms. The van der Waals surface area contributed by atoms with Crippen LogP contribution >= 0.6 is 0 Å². The SMILES string of the molecule is CN1CCN=C1C(O)(c1ccccc1)c1ccccc1. The molecule has 0 aromatic heterocycles. The molecule has 0 atom stereocenters. The number of hydrogen-bond acceptors (Lipinski definition) is 3. The molecule has 3 nitrogen and oxygen atoms in total. The molecule has 102 valence electrons. The standard InChI is InChI=1S/C17H18N2O/c1-19-13-12-18-16(19)17(20,14-8-4-2-5-9-14)15-10-6-3-7-11-15/h2-11,20H,12-13H2,1H3. The highest BCUT2D eigenvalue weighted by Crippen LogP contribution is 2.33. The Morgan fingerprint density at radius 1 is 0.950 bits per heavy atom. The summed E-state index contributed by atoms with van der Waals surface area (Å²) < 4.78 is 0. The van der Waals surface area contributed by atoms with E-state index in [0.717, 1.165) is 30.1 Å². The van der Waals surface area contributed by atoms with Gasteiger partial charge >= 0.3 is 0 Å². The zero-order chi connectivity index (χ0) is 14.0. The Morgan fingerprint density at radius 3 is 1.85 bits per heavy atom. The van der Waals surface area contributed by atoms with Crippen LogP contribution in [0.2, 0.25) is 0 Å².